The summed E-state index contributed by atoms with van der Waals surface area (Å²) < 4.78 is 0. The Morgan fingerprint density at radius 1 is 1.27 bits per heavy atom. The Morgan fingerprint density at radius 2 is 1.97 bits per heavy atom. The maximum Gasteiger partial charge on any atom is 0.288 e. The van der Waals surface area contributed by atoms with Gasteiger partial charge in [-0.2, -0.15) is 5.10 Å². The molecule has 1 aromatic carbocycles. The monoisotopic (exact) mass is 453 g/mol. The van der Waals surface area contributed by atoms with Crippen molar-refractivity contribution in [1.82, 2.24) is 15.6 Å². The molecule has 3 saturated carbocycles. The highest BCUT2D eigenvalue weighted by Gasteiger charge is 2.66. The average Bonchev–Trinajstić information content (AvgIpc) is 3.45. The van der Waals surface area contributed by atoms with Gasteiger partial charge in [0.1, 0.15) is 0 Å². The van der Waals surface area contributed by atoms with Crippen molar-refractivity contribution in [2.24, 2.45) is 22.2 Å². The first-order valence-corrected chi connectivity index (χ1v) is 12.2. The van der Waals surface area contributed by atoms with Crippen molar-refractivity contribution in [1.29, 1.82) is 0 Å². The predicted molar refractivity (Wildman–Crippen MR) is 131 cm³/mol. The lowest BCUT2D eigenvalue weighted by molar-refractivity contribution is -0.127. The molecule has 1 atom stereocenters. The second kappa shape index (κ2) is 8.67. The molecule has 5 N–H and O–H groups in total. The van der Waals surface area contributed by atoms with Crippen molar-refractivity contribution in [2.75, 3.05) is 13.1 Å². The summed E-state index contributed by atoms with van der Waals surface area (Å²) in [4.78, 5) is 15.0. The molecule has 33 heavy (non-hydrogen) atoms. The second-order valence-electron chi connectivity index (χ2n) is 11.1. The van der Waals surface area contributed by atoms with Gasteiger partial charge in [-0.3, -0.25) is 10.2 Å². The number of carbonyl (C=O) groups excluding carboxylic acids is 1. The fraction of sp³-hybridized carbons (Fsp3) is 0.615. The zero-order valence-electron chi connectivity index (χ0n) is 20.4. The zero-order valence-corrected chi connectivity index (χ0v) is 20.4. The van der Waals surface area contributed by atoms with E-state index in [0.717, 1.165) is 50.9 Å². The number of amides is 1. The fourth-order valence-corrected chi connectivity index (χ4v) is 6.10. The summed E-state index contributed by atoms with van der Waals surface area (Å²) in [6.45, 7) is 10.0. The number of rotatable bonds is 7. The molecule has 180 valence electrons. The van der Waals surface area contributed by atoms with Crippen LogP contribution in [0.25, 0.3) is 0 Å². The van der Waals surface area contributed by atoms with Crippen LogP contribution < -0.4 is 16.5 Å². The van der Waals surface area contributed by atoms with Gasteiger partial charge in [0.05, 0.1) is 5.60 Å². The maximum atomic E-state index is 12.6. The first-order valence-electron chi connectivity index (χ1n) is 12.2. The van der Waals surface area contributed by atoms with E-state index in [1.54, 1.807) is 0 Å². The van der Waals surface area contributed by atoms with Crippen molar-refractivity contribution in [3.8, 4) is 0 Å². The number of aliphatic hydroxyl groups is 1. The third kappa shape index (κ3) is 4.60. The highest BCUT2D eigenvalue weighted by Crippen LogP contribution is 2.65. The maximum absolute atomic E-state index is 12.6. The average molecular weight is 454 g/mol. The summed E-state index contributed by atoms with van der Waals surface area (Å²) in [6.07, 6.45) is 6.38. The molecule has 0 radical (unpaired) electrons. The number of benzene rings is 1. The van der Waals surface area contributed by atoms with Crippen LogP contribution in [-0.4, -0.2) is 46.0 Å². The molecule has 1 heterocycles. The summed E-state index contributed by atoms with van der Waals surface area (Å²) in [5.41, 5.74) is 10.4. The van der Waals surface area contributed by atoms with Crippen LogP contribution in [0.3, 0.4) is 0 Å². The SMILES string of the molecule is CC(C)/C(=C\N/N=C(\N)C(=O)NC12CCC(C(C)(C)O)(C1)C2)N1CCC(c2ccccc2)C1. The lowest BCUT2D eigenvalue weighted by atomic mass is 9.57. The van der Waals surface area contributed by atoms with E-state index in [1.165, 1.54) is 5.56 Å². The van der Waals surface area contributed by atoms with Gasteiger partial charge in [0.2, 0.25) is 5.84 Å². The largest absolute Gasteiger partial charge is 0.390 e. The number of nitrogens with zero attached hydrogens (tertiary/aromatic N) is 2. The number of amidine groups is 1. The van der Waals surface area contributed by atoms with Crippen LogP contribution in [0.15, 0.2) is 47.3 Å². The normalized spacial score (nSPS) is 29.9. The Balaban J connectivity index is 1.33. The Morgan fingerprint density at radius 3 is 2.58 bits per heavy atom. The van der Waals surface area contributed by atoms with E-state index in [0.29, 0.717) is 11.8 Å². The van der Waals surface area contributed by atoms with E-state index in [2.05, 4.69) is 64.9 Å². The summed E-state index contributed by atoms with van der Waals surface area (Å²) in [5.74, 6) is 0.426. The van der Waals surface area contributed by atoms with Gasteiger partial charge in [0.25, 0.3) is 5.91 Å². The van der Waals surface area contributed by atoms with E-state index in [9.17, 15) is 9.90 Å². The smallest absolute Gasteiger partial charge is 0.288 e. The zero-order chi connectivity index (χ0) is 23.9. The second-order valence-corrected chi connectivity index (χ2v) is 11.1. The topological polar surface area (TPSA) is 103 Å². The van der Waals surface area contributed by atoms with Gasteiger partial charge in [0.15, 0.2) is 0 Å². The predicted octanol–water partition coefficient (Wildman–Crippen LogP) is 3.04. The van der Waals surface area contributed by atoms with Crippen molar-refractivity contribution in [2.45, 2.75) is 76.9 Å². The van der Waals surface area contributed by atoms with Crippen molar-refractivity contribution >= 4 is 11.7 Å². The molecular weight excluding hydrogens is 414 g/mol. The lowest BCUT2D eigenvalue weighted by Crippen LogP contribution is -2.62. The quantitative estimate of drug-likeness (QED) is 0.289. The van der Waals surface area contributed by atoms with E-state index in [-0.39, 0.29) is 22.7 Å². The van der Waals surface area contributed by atoms with Gasteiger partial charge >= 0.3 is 0 Å². The minimum absolute atomic E-state index is 0.0695. The minimum atomic E-state index is -0.730. The van der Waals surface area contributed by atoms with E-state index < -0.39 is 5.60 Å². The molecule has 0 spiro atoms. The highest BCUT2D eigenvalue weighted by molar-refractivity contribution is 6.37. The molecule has 0 aromatic heterocycles. The first-order chi connectivity index (χ1) is 15.5. The first kappa shape index (κ1) is 23.6. The number of nitrogens with one attached hydrogen (secondary N) is 2. The molecule has 7 nitrogen and oxygen atoms in total. The number of hydrazone groups is 1. The summed E-state index contributed by atoms with van der Waals surface area (Å²) in [5, 5.41) is 17.7. The van der Waals surface area contributed by atoms with E-state index in [4.69, 9.17) is 5.73 Å². The van der Waals surface area contributed by atoms with Crippen molar-refractivity contribution in [3.05, 3.63) is 47.8 Å². The molecule has 4 fully saturated rings. The van der Waals surface area contributed by atoms with E-state index in [1.807, 2.05) is 20.0 Å². The molecule has 5 rings (SSSR count). The summed E-state index contributed by atoms with van der Waals surface area (Å²) in [7, 11) is 0. The summed E-state index contributed by atoms with van der Waals surface area (Å²) >= 11 is 0. The number of allylic oxidation sites excluding steroid dienone is 1. The number of fused-ring (bicyclic) bond motifs is 1. The van der Waals surface area contributed by atoms with Crippen LogP contribution in [-0.2, 0) is 4.79 Å². The van der Waals surface area contributed by atoms with Crippen LogP contribution in [0.2, 0.25) is 0 Å². The molecule has 2 bridgehead atoms. The van der Waals surface area contributed by atoms with Gasteiger partial charge in [-0.15, -0.1) is 0 Å². The number of hydrogen-bond donors (Lipinski definition) is 4. The minimum Gasteiger partial charge on any atom is -0.390 e. The van der Waals surface area contributed by atoms with Gasteiger partial charge in [-0.25, -0.2) is 0 Å². The number of carbonyl (C=O) groups is 1. The Bertz CT molecular complexity index is 926. The molecule has 1 unspecified atom stereocenters. The van der Waals surface area contributed by atoms with Crippen molar-refractivity contribution in [3.63, 3.8) is 0 Å². The summed E-state index contributed by atoms with van der Waals surface area (Å²) in [6, 6.07) is 10.7. The van der Waals surface area contributed by atoms with Gasteiger partial charge in [0, 0.05) is 41.9 Å². The molecule has 1 aliphatic heterocycles. The van der Waals surface area contributed by atoms with Crippen LogP contribution >= 0.6 is 0 Å². The third-order valence-electron chi connectivity index (χ3n) is 8.16. The number of likely N-dealkylation sites (tertiary alicyclic amines) is 1. The van der Waals surface area contributed by atoms with E-state index >= 15 is 0 Å². The van der Waals surface area contributed by atoms with Crippen LogP contribution in [0.5, 0.6) is 0 Å². The molecule has 4 aliphatic rings. The molecular formula is C26H39N5O2. The van der Waals surface area contributed by atoms with Crippen LogP contribution in [0.1, 0.15) is 71.3 Å². The lowest BCUT2D eigenvalue weighted by Gasteiger charge is -2.53. The van der Waals surface area contributed by atoms with Crippen LogP contribution in [0, 0.1) is 11.3 Å². The molecule has 1 aromatic rings. The standard InChI is InChI=1S/C26H39N5O2/c1-18(2)21(31-13-10-20(15-31)19-8-6-5-7-9-19)14-28-30-22(27)23(32)29-26-12-11-25(16-26,17-26)24(3,4)33/h5-9,14,18,20,28,33H,10-13,15-17H2,1-4H3,(H2,27,30)(H,29,32)/b21-14+. The molecule has 7 heteroatoms. The Labute approximate surface area is 197 Å². The number of nitrogens with two attached hydrogens (primary N) is 1. The number of hydrogen-bond acceptors (Lipinski definition) is 5. The van der Waals surface area contributed by atoms with Gasteiger partial charge < -0.3 is 21.1 Å². The molecule has 1 saturated heterocycles. The van der Waals surface area contributed by atoms with Gasteiger partial charge in [-0.05, 0) is 57.4 Å². The molecule has 3 aliphatic carbocycles. The van der Waals surface area contributed by atoms with Crippen molar-refractivity contribution < 1.29 is 9.90 Å². The third-order valence-corrected chi connectivity index (χ3v) is 8.16. The fourth-order valence-electron chi connectivity index (χ4n) is 6.10. The Hall–Kier alpha value is -2.54. The van der Waals surface area contributed by atoms with Crippen LogP contribution in [0.4, 0.5) is 0 Å². The highest BCUT2D eigenvalue weighted by atomic mass is 16.3. The van der Waals surface area contributed by atoms with Gasteiger partial charge in [-0.1, -0.05) is 44.2 Å². The Kier molecular flexibility index (Phi) is 6.20. The molecule has 1 amide bonds.